The van der Waals surface area contributed by atoms with Gasteiger partial charge in [-0.15, -0.1) is 0 Å². The molecule has 0 radical (unpaired) electrons. The first kappa shape index (κ1) is 31.0. The summed E-state index contributed by atoms with van der Waals surface area (Å²) in [5.74, 6) is -1.51. The number of aliphatic hydroxyl groups is 1. The molecule has 2 aromatic carbocycles. The molecule has 1 saturated heterocycles. The second-order valence-corrected chi connectivity index (χ2v) is 14.0. The number of amides is 2. The van der Waals surface area contributed by atoms with Gasteiger partial charge < -0.3 is 20.6 Å². The van der Waals surface area contributed by atoms with E-state index in [1.54, 1.807) is 24.0 Å². The number of aliphatic hydroxyl groups excluding tert-OH is 1. The van der Waals surface area contributed by atoms with Gasteiger partial charge in [-0.2, -0.15) is 0 Å². The smallest absolute Gasteiger partial charge is 0.257 e. The fourth-order valence-corrected chi connectivity index (χ4v) is 7.06. The zero-order valence-corrected chi connectivity index (χ0v) is 26.1. The van der Waals surface area contributed by atoms with Crippen LogP contribution in [0.25, 0.3) is 0 Å². The van der Waals surface area contributed by atoms with Gasteiger partial charge in [0.25, 0.3) is 5.91 Å². The van der Waals surface area contributed by atoms with E-state index in [0.717, 1.165) is 36.2 Å². The Morgan fingerprint density at radius 1 is 1.09 bits per heavy atom. The number of aryl methyl sites for hydroxylation is 1. The first-order chi connectivity index (χ1) is 20.4. The maximum atomic E-state index is 15.1. The highest BCUT2D eigenvalue weighted by molar-refractivity contribution is 5.98. The fourth-order valence-electron chi connectivity index (χ4n) is 7.06. The van der Waals surface area contributed by atoms with Gasteiger partial charge in [-0.1, -0.05) is 64.1 Å². The second-order valence-electron chi connectivity index (χ2n) is 14.0. The lowest BCUT2D eigenvalue weighted by Crippen LogP contribution is -2.58. The van der Waals surface area contributed by atoms with E-state index in [1.165, 1.54) is 6.07 Å². The van der Waals surface area contributed by atoms with Crippen molar-refractivity contribution in [3.8, 4) is 0 Å². The lowest BCUT2D eigenvalue weighted by molar-refractivity contribution is -0.124. The number of allylic oxidation sites excluding steroid dienone is 2. The van der Waals surface area contributed by atoms with Crippen LogP contribution in [0, 0.1) is 24.1 Å². The molecule has 1 heterocycles. The summed E-state index contributed by atoms with van der Waals surface area (Å²) >= 11 is 0. The monoisotopic (exact) mass is 587 g/mol. The molecule has 2 aromatic rings. The Kier molecular flexibility index (Phi) is 8.85. The molecule has 5 atom stereocenters. The van der Waals surface area contributed by atoms with Crippen LogP contribution in [0.4, 0.5) is 10.1 Å². The van der Waals surface area contributed by atoms with E-state index in [0.29, 0.717) is 31.4 Å². The van der Waals surface area contributed by atoms with Gasteiger partial charge in [0.05, 0.1) is 23.6 Å². The van der Waals surface area contributed by atoms with E-state index in [2.05, 4.69) is 56.5 Å². The highest BCUT2D eigenvalue weighted by atomic mass is 19.1. The van der Waals surface area contributed by atoms with Crippen molar-refractivity contribution in [3.63, 3.8) is 0 Å². The number of piperidine rings is 1. The van der Waals surface area contributed by atoms with Crippen LogP contribution in [0.15, 0.2) is 66.4 Å². The van der Waals surface area contributed by atoms with Crippen molar-refractivity contribution in [1.82, 2.24) is 10.2 Å². The highest BCUT2D eigenvalue weighted by Gasteiger charge is 2.48. The molecule has 0 aromatic heterocycles. The number of halogens is 1. The van der Waals surface area contributed by atoms with Crippen LogP contribution in [0.3, 0.4) is 0 Å². The Labute approximate surface area is 255 Å². The third-order valence-electron chi connectivity index (χ3n) is 9.52. The molecule has 43 heavy (non-hydrogen) atoms. The van der Waals surface area contributed by atoms with Crippen molar-refractivity contribution in [2.24, 2.45) is 11.3 Å². The average molecular weight is 588 g/mol. The van der Waals surface area contributed by atoms with Gasteiger partial charge in [0, 0.05) is 29.4 Å². The van der Waals surface area contributed by atoms with Gasteiger partial charge in [-0.3, -0.25) is 9.59 Å². The summed E-state index contributed by atoms with van der Waals surface area (Å²) in [6, 6.07) is 12.4. The number of nitrogens with zero attached hydrogens (tertiary/aromatic N) is 1. The molecule has 2 fully saturated rings. The maximum absolute atomic E-state index is 15.1. The van der Waals surface area contributed by atoms with Crippen molar-refractivity contribution in [2.45, 2.75) is 96.7 Å². The summed E-state index contributed by atoms with van der Waals surface area (Å²) in [6.45, 7) is 10.7. The normalized spacial score (nSPS) is 27.5. The van der Waals surface area contributed by atoms with E-state index in [9.17, 15) is 14.7 Å². The number of benzene rings is 2. The molecule has 1 saturated carbocycles. The van der Waals surface area contributed by atoms with E-state index >= 15 is 4.39 Å². The maximum Gasteiger partial charge on any atom is 0.257 e. The van der Waals surface area contributed by atoms with Crippen molar-refractivity contribution >= 4 is 17.5 Å². The summed E-state index contributed by atoms with van der Waals surface area (Å²) < 4.78 is 15.1. The first-order valence-electron chi connectivity index (χ1n) is 15.7. The first-order valence-corrected chi connectivity index (χ1v) is 15.7. The van der Waals surface area contributed by atoms with Gasteiger partial charge in [-0.05, 0) is 86.3 Å². The Balaban J connectivity index is 1.46. The Hall–Kier alpha value is -3.45. The summed E-state index contributed by atoms with van der Waals surface area (Å²) in [4.78, 5) is 30.0. The Bertz CT molecular complexity index is 1410. The van der Waals surface area contributed by atoms with Crippen LogP contribution < -0.4 is 10.6 Å². The van der Waals surface area contributed by atoms with E-state index in [1.807, 2.05) is 24.3 Å². The molecule has 2 amide bonds. The van der Waals surface area contributed by atoms with Crippen LogP contribution in [0.2, 0.25) is 0 Å². The Morgan fingerprint density at radius 3 is 2.51 bits per heavy atom. The fraction of sp³-hybridized carbons (Fsp3) is 0.500. The molecule has 0 bridgehead atoms. The SMILES string of the molecule is Cc1cccc(F)c1C(=O)N1CCC[C@H](C(=O)Nc2cccc(C(C)(C)C)c2)C1[C@]1(C)C=CC(NC2CCC(O)C2)=CC1. The van der Waals surface area contributed by atoms with Gasteiger partial charge >= 0.3 is 0 Å². The predicted molar refractivity (Wildman–Crippen MR) is 169 cm³/mol. The molecule has 0 spiro atoms. The lowest BCUT2D eigenvalue weighted by atomic mass is 9.67. The largest absolute Gasteiger partial charge is 0.393 e. The third kappa shape index (κ3) is 6.72. The topological polar surface area (TPSA) is 81.7 Å². The number of hydrogen-bond donors (Lipinski definition) is 3. The Morgan fingerprint density at radius 2 is 1.86 bits per heavy atom. The predicted octanol–water partition coefficient (Wildman–Crippen LogP) is 6.64. The van der Waals surface area contributed by atoms with Gasteiger partial charge in [0.1, 0.15) is 5.82 Å². The van der Waals surface area contributed by atoms with Crippen molar-refractivity contribution < 1.29 is 19.1 Å². The molecule has 3 unspecified atom stereocenters. The summed E-state index contributed by atoms with van der Waals surface area (Å²) in [7, 11) is 0. The van der Waals surface area contributed by atoms with Crippen LogP contribution in [-0.4, -0.2) is 46.6 Å². The minimum atomic E-state index is -0.551. The minimum absolute atomic E-state index is 0.0655. The van der Waals surface area contributed by atoms with Gasteiger partial charge in [0.2, 0.25) is 5.91 Å². The highest BCUT2D eigenvalue weighted by Crippen LogP contribution is 2.44. The van der Waals surface area contributed by atoms with Crippen LogP contribution in [-0.2, 0) is 10.2 Å². The van der Waals surface area contributed by atoms with Crippen LogP contribution >= 0.6 is 0 Å². The number of carbonyl (C=O) groups excluding carboxylic acids is 2. The molecular weight excluding hydrogens is 541 g/mol. The minimum Gasteiger partial charge on any atom is -0.393 e. The quantitative estimate of drug-likeness (QED) is 0.354. The molecular formula is C36H46FN3O3. The van der Waals surface area contributed by atoms with Crippen molar-refractivity contribution in [2.75, 3.05) is 11.9 Å². The van der Waals surface area contributed by atoms with E-state index < -0.39 is 23.2 Å². The lowest BCUT2D eigenvalue weighted by Gasteiger charge is -2.49. The summed E-state index contributed by atoms with van der Waals surface area (Å²) in [6.07, 6.45) is 10.4. The summed E-state index contributed by atoms with van der Waals surface area (Å²) in [5.41, 5.74) is 2.90. The molecule has 5 rings (SSSR count). The van der Waals surface area contributed by atoms with Crippen molar-refractivity contribution in [3.05, 3.63) is 88.9 Å². The number of anilines is 1. The van der Waals surface area contributed by atoms with Crippen LogP contribution in [0.1, 0.15) is 87.7 Å². The molecule has 6 nitrogen and oxygen atoms in total. The zero-order chi connectivity index (χ0) is 30.9. The second kappa shape index (κ2) is 12.3. The number of carbonyl (C=O) groups is 2. The summed E-state index contributed by atoms with van der Waals surface area (Å²) in [5, 5.41) is 16.7. The van der Waals surface area contributed by atoms with Gasteiger partial charge in [-0.25, -0.2) is 4.39 Å². The molecule has 1 aliphatic heterocycles. The molecule has 3 aliphatic rings. The number of likely N-dealkylation sites (tertiary alicyclic amines) is 1. The number of hydrogen-bond acceptors (Lipinski definition) is 4. The molecule has 3 N–H and O–H groups in total. The molecule has 2 aliphatic carbocycles. The third-order valence-corrected chi connectivity index (χ3v) is 9.52. The standard InChI is InChI=1S/C36H46FN3O3/c1-23-9-6-13-30(37)31(23)34(43)40-20-8-12-29(33(42)39-26-11-7-10-24(21-26)35(2,3)4)32(40)36(5)18-16-25(17-19-36)38-27-14-15-28(41)22-27/h6-7,9-11,13,16-18,21,27-29,32,38,41H,8,12,14-15,19-20,22H2,1-5H3,(H,39,42)/t27?,28?,29-,32?,36+/m0/s1. The van der Waals surface area contributed by atoms with Gasteiger partial charge in [0.15, 0.2) is 0 Å². The molecule has 230 valence electrons. The zero-order valence-electron chi connectivity index (χ0n) is 26.1. The number of nitrogens with one attached hydrogen (secondary N) is 2. The number of rotatable bonds is 6. The van der Waals surface area contributed by atoms with Crippen molar-refractivity contribution in [1.29, 1.82) is 0 Å². The van der Waals surface area contributed by atoms with Crippen LogP contribution in [0.5, 0.6) is 0 Å². The van der Waals surface area contributed by atoms with E-state index in [4.69, 9.17) is 0 Å². The molecule has 7 heteroatoms. The average Bonchev–Trinajstić information content (AvgIpc) is 3.37. The van der Waals surface area contributed by atoms with E-state index in [-0.39, 0.29) is 34.9 Å².